The first-order chi connectivity index (χ1) is 11.9. The molecule has 7 nitrogen and oxygen atoms in total. The van der Waals surface area contributed by atoms with Gasteiger partial charge in [0.25, 0.3) is 0 Å². The van der Waals surface area contributed by atoms with Gasteiger partial charge >= 0.3 is 11.9 Å². The van der Waals surface area contributed by atoms with E-state index < -0.39 is 35.4 Å². The van der Waals surface area contributed by atoms with Crippen LogP contribution in [0.3, 0.4) is 0 Å². The van der Waals surface area contributed by atoms with Crippen LogP contribution in [0.4, 0.5) is 0 Å². The molecule has 3 N–H and O–H groups in total. The Hall–Kier alpha value is -1.44. The second-order valence-electron chi connectivity index (χ2n) is 7.33. The van der Waals surface area contributed by atoms with Gasteiger partial charge in [-0.05, 0) is 32.6 Å². The Balaban J connectivity index is 1.77. The first-order valence-corrected chi connectivity index (χ1v) is 9.06. The summed E-state index contributed by atoms with van der Waals surface area (Å²) in [5.74, 6) is -1.46. The normalized spacial score (nSPS) is 40.8. The second kappa shape index (κ2) is 6.70. The van der Waals surface area contributed by atoms with Crippen LogP contribution in [0.1, 0.15) is 46.0 Å². The average Bonchev–Trinajstić information content (AvgIpc) is 2.79. The zero-order valence-electron chi connectivity index (χ0n) is 14.7. The average molecular weight is 353 g/mol. The molecule has 2 fully saturated rings. The van der Waals surface area contributed by atoms with Crippen molar-refractivity contribution in [1.29, 1.82) is 0 Å². The van der Waals surface area contributed by atoms with Gasteiger partial charge in [-0.1, -0.05) is 19.1 Å². The first-order valence-electron chi connectivity index (χ1n) is 9.06. The van der Waals surface area contributed by atoms with Gasteiger partial charge in [-0.15, -0.1) is 0 Å². The van der Waals surface area contributed by atoms with Gasteiger partial charge in [-0.3, -0.25) is 10.1 Å². The molecule has 1 aliphatic carbocycles. The highest BCUT2D eigenvalue weighted by Gasteiger charge is 2.78. The van der Waals surface area contributed by atoms with Crippen LogP contribution in [0.5, 0.6) is 0 Å². The van der Waals surface area contributed by atoms with E-state index >= 15 is 0 Å². The van der Waals surface area contributed by atoms with Crippen LogP contribution in [0.15, 0.2) is 12.2 Å². The summed E-state index contributed by atoms with van der Waals surface area (Å²) < 4.78 is 10.5. The van der Waals surface area contributed by atoms with Crippen molar-refractivity contribution < 1.29 is 29.3 Å². The number of hydrogen-bond donors (Lipinski definition) is 3. The Kier molecular flexibility index (Phi) is 4.92. The molecule has 3 aliphatic rings. The van der Waals surface area contributed by atoms with Crippen LogP contribution < -0.4 is 5.32 Å². The predicted octanol–water partition coefficient (Wildman–Crippen LogP) is 0.639. The minimum Gasteiger partial charge on any atom is -0.466 e. The van der Waals surface area contributed by atoms with Crippen molar-refractivity contribution in [2.75, 3.05) is 6.61 Å². The molecule has 0 saturated carbocycles. The van der Waals surface area contributed by atoms with Gasteiger partial charge in [0.05, 0.1) is 12.7 Å². The molecule has 3 rings (SSSR count). The van der Waals surface area contributed by atoms with Gasteiger partial charge < -0.3 is 19.7 Å². The summed E-state index contributed by atoms with van der Waals surface area (Å²) >= 11 is 0. The lowest BCUT2D eigenvalue weighted by atomic mass is 9.64. The number of allylic oxidation sites excluding steroid dienone is 1. The van der Waals surface area contributed by atoms with Gasteiger partial charge in [-0.2, -0.15) is 0 Å². The lowest BCUT2D eigenvalue weighted by Crippen LogP contribution is -2.80. The predicted molar refractivity (Wildman–Crippen MR) is 88.2 cm³/mol. The smallest absolute Gasteiger partial charge is 0.334 e. The minimum absolute atomic E-state index is 0.138. The topological polar surface area (TPSA) is 105 Å². The second-order valence-corrected chi connectivity index (χ2v) is 7.33. The summed E-state index contributed by atoms with van der Waals surface area (Å²) in [6.45, 7) is 3.58. The maximum absolute atomic E-state index is 12.4. The zero-order valence-corrected chi connectivity index (χ0v) is 14.7. The minimum atomic E-state index is -1.32. The van der Waals surface area contributed by atoms with Crippen molar-refractivity contribution in [2.45, 2.75) is 69.4 Å². The molecular weight excluding hydrogens is 326 g/mol. The lowest BCUT2D eigenvalue weighted by molar-refractivity contribution is -0.239. The molecule has 2 saturated heterocycles. The third kappa shape index (κ3) is 2.69. The molecule has 1 unspecified atom stereocenters. The number of ether oxygens (including phenoxy) is 2. The summed E-state index contributed by atoms with van der Waals surface area (Å²) in [7, 11) is 0. The first kappa shape index (κ1) is 18.4. The van der Waals surface area contributed by atoms with E-state index in [2.05, 4.69) is 5.32 Å². The van der Waals surface area contributed by atoms with Crippen molar-refractivity contribution >= 4 is 11.9 Å². The fraction of sp³-hybridized carbons (Fsp3) is 0.778. The quantitative estimate of drug-likeness (QED) is 0.475. The van der Waals surface area contributed by atoms with Gasteiger partial charge in [0, 0.05) is 18.3 Å². The van der Waals surface area contributed by atoms with E-state index in [1.165, 1.54) is 0 Å². The third-order valence-electron chi connectivity index (χ3n) is 6.00. The Morgan fingerprint density at radius 3 is 2.92 bits per heavy atom. The van der Waals surface area contributed by atoms with Gasteiger partial charge in [0.15, 0.2) is 5.54 Å². The summed E-state index contributed by atoms with van der Waals surface area (Å²) in [5.41, 5.74) is -2.36. The highest BCUT2D eigenvalue weighted by Crippen LogP contribution is 2.54. The van der Waals surface area contributed by atoms with Crippen molar-refractivity contribution in [2.24, 2.45) is 11.8 Å². The van der Waals surface area contributed by atoms with E-state index in [0.29, 0.717) is 6.42 Å². The highest BCUT2D eigenvalue weighted by atomic mass is 16.6. The number of rotatable bonds is 6. The molecule has 2 aliphatic heterocycles. The monoisotopic (exact) mass is 353 g/mol. The van der Waals surface area contributed by atoms with Crippen LogP contribution in [0.2, 0.25) is 0 Å². The number of aliphatic hydroxyl groups is 2. The molecule has 140 valence electrons. The number of nitrogens with one attached hydrogen (secondary N) is 1. The molecule has 0 aromatic carbocycles. The van der Waals surface area contributed by atoms with Gasteiger partial charge in [0.2, 0.25) is 0 Å². The lowest BCUT2D eigenvalue weighted by Gasteiger charge is -2.55. The highest BCUT2D eigenvalue weighted by molar-refractivity contribution is 5.91. The standard InChI is InChI=1S/C18H27NO6/c1-3-13(20)24-10-9-12-15(22)19-18(16(23)25-17(12,18)2)14(21)11-7-5-4-6-8-11/h5,7,11-12,14-15,19,21-22H,3-4,6,8-10H2,1-2H3/t11-,12+,14+,15?,17+,18+/m1/s1. The van der Waals surface area contributed by atoms with Crippen LogP contribution in [0.25, 0.3) is 0 Å². The number of fused-ring (bicyclic) bond motifs is 1. The molecule has 25 heavy (non-hydrogen) atoms. The number of carbonyl (C=O) groups is 2. The molecule has 2 heterocycles. The summed E-state index contributed by atoms with van der Waals surface area (Å²) in [4.78, 5) is 23.7. The number of hydrogen-bond acceptors (Lipinski definition) is 7. The van der Waals surface area contributed by atoms with Gasteiger partial charge in [0.1, 0.15) is 11.8 Å². The Labute approximate surface area is 147 Å². The van der Waals surface area contributed by atoms with E-state index in [-0.39, 0.29) is 24.9 Å². The Morgan fingerprint density at radius 2 is 2.32 bits per heavy atom. The SMILES string of the molecule is CCC(=O)OCC[C@H]1C(O)N[C@@]2([C@@H](O)[C@@H]3C=CCCC3)C(=O)O[C@@]12C. The zero-order chi connectivity index (χ0) is 18.2. The van der Waals surface area contributed by atoms with Crippen molar-refractivity contribution in [3.05, 3.63) is 12.2 Å². The molecular formula is C18H27NO6. The molecule has 0 amide bonds. The molecule has 0 aromatic rings. The van der Waals surface area contributed by atoms with Crippen LogP contribution in [-0.2, 0) is 19.1 Å². The maximum atomic E-state index is 12.4. The third-order valence-corrected chi connectivity index (χ3v) is 6.00. The van der Waals surface area contributed by atoms with E-state index in [1.54, 1.807) is 13.8 Å². The largest absolute Gasteiger partial charge is 0.466 e. The number of carbonyl (C=O) groups excluding carboxylic acids is 2. The molecule has 0 aromatic heterocycles. The fourth-order valence-corrected chi connectivity index (χ4v) is 4.47. The van der Waals surface area contributed by atoms with Crippen LogP contribution in [0, 0.1) is 11.8 Å². The van der Waals surface area contributed by atoms with Crippen molar-refractivity contribution in [3.63, 3.8) is 0 Å². The van der Waals surface area contributed by atoms with Crippen molar-refractivity contribution in [3.8, 4) is 0 Å². The molecule has 0 spiro atoms. The number of esters is 2. The van der Waals surface area contributed by atoms with Gasteiger partial charge in [-0.25, -0.2) is 4.79 Å². The molecule has 0 bridgehead atoms. The summed E-state index contributed by atoms with van der Waals surface area (Å²) in [6.07, 6.45) is 5.32. The maximum Gasteiger partial charge on any atom is 0.334 e. The van der Waals surface area contributed by atoms with Crippen molar-refractivity contribution in [1.82, 2.24) is 5.32 Å². The number of aliphatic hydroxyl groups excluding tert-OH is 2. The van der Waals surface area contributed by atoms with E-state index in [9.17, 15) is 19.8 Å². The van der Waals surface area contributed by atoms with E-state index in [1.807, 2.05) is 12.2 Å². The molecule has 0 radical (unpaired) electrons. The Morgan fingerprint density at radius 1 is 1.56 bits per heavy atom. The molecule has 7 heteroatoms. The van der Waals surface area contributed by atoms with Crippen LogP contribution in [-0.4, -0.2) is 52.2 Å². The van der Waals surface area contributed by atoms with Crippen LogP contribution >= 0.6 is 0 Å². The van der Waals surface area contributed by atoms with E-state index in [4.69, 9.17) is 9.47 Å². The summed E-state index contributed by atoms with van der Waals surface area (Å²) in [5, 5.41) is 24.4. The van der Waals surface area contributed by atoms with E-state index in [0.717, 1.165) is 19.3 Å². The molecule has 6 atom stereocenters. The fourth-order valence-electron chi connectivity index (χ4n) is 4.47. The summed E-state index contributed by atoms with van der Waals surface area (Å²) in [6, 6.07) is 0. The Bertz CT molecular complexity index is 578.